The molecule has 7 nitrogen and oxygen atoms in total. The molecule has 158 valence electrons. The van der Waals surface area contributed by atoms with Crippen molar-refractivity contribution >= 4 is 11.8 Å². The molecule has 3 rings (SSSR count). The topological polar surface area (TPSA) is 90.6 Å². The van der Waals surface area contributed by atoms with E-state index < -0.39 is 12.1 Å². The highest BCUT2D eigenvalue weighted by Crippen LogP contribution is 2.21. The first-order valence-electron chi connectivity index (χ1n) is 10.0. The van der Waals surface area contributed by atoms with Crippen LogP contribution in [0.25, 0.3) is 0 Å². The fourth-order valence-electron chi connectivity index (χ4n) is 3.55. The van der Waals surface area contributed by atoms with Gasteiger partial charge >= 0.3 is 5.97 Å². The lowest BCUT2D eigenvalue weighted by Gasteiger charge is -2.15. The standard InChI is InChI=1S/C23H26N2O5/c1-15-11-21(16(2)25(15)13-20-5-4-10-28-20)22(26)14-29-23(27)17(3)30-19-8-6-18(12-24)7-9-19/h6-9,11,17,20H,4-5,10,13-14H2,1-3H3/t17-,20+/m0/s1. The van der Waals surface area contributed by atoms with Crippen molar-refractivity contribution in [1.82, 2.24) is 4.57 Å². The Hall–Kier alpha value is -3.11. The summed E-state index contributed by atoms with van der Waals surface area (Å²) in [7, 11) is 0. The summed E-state index contributed by atoms with van der Waals surface area (Å²) >= 11 is 0. The monoisotopic (exact) mass is 410 g/mol. The fourth-order valence-corrected chi connectivity index (χ4v) is 3.55. The summed E-state index contributed by atoms with van der Waals surface area (Å²) in [4.78, 5) is 24.9. The normalized spacial score (nSPS) is 16.7. The Balaban J connectivity index is 1.55. The summed E-state index contributed by atoms with van der Waals surface area (Å²) in [6, 6.07) is 10.3. The fraction of sp³-hybridized carbons (Fsp3) is 0.435. The number of aryl methyl sites for hydroxylation is 1. The number of ether oxygens (including phenoxy) is 3. The van der Waals surface area contributed by atoms with Gasteiger partial charge in [-0.25, -0.2) is 4.79 Å². The van der Waals surface area contributed by atoms with Crippen LogP contribution in [0, 0.1) is 25.2 Å². The molecule has 0 saturated carbocycles. The zero-order valence-electron chi connectivity index (χ0n) is 17.5. The maximum absolute atomic E-state index is 12.6. The van der Waals surface area contributed by atoms with Crippen molar-refractivity contribution < 1.29 is 23.8 Å². The van der Waals surface area contributed by atoms with E-state index in [9.17, 15) is 9.59 Å². The minimum Gasteiger partial charge on any atom is -0.479 e. The smallest absolute Gasteiger partial charge is 0.347 e. The van der Waals surface area contributed by atoms with E-state index in [0.717, 1.165) is 37.4 Å². The molecule has 0 spiro atoms. The maximum atomic E-state index is 12.6. The van der Waals surface area contributed by atoms with E-state index in [1.54, 1.807) is 31.2 Å². The number of carbonyl (C=O) groups is 2. The van der Waals surface area contributed by atoms with Gasteiger partial charge in [-0.1, -0.05) is 0 Å². The summed E-state index contributed by atoms with van der Waals surface area (Å²) < 4.78 is 18.5. The van der Waals surface area contributed by atoms with Crippen molar-refractivity contribution in [2.75, 3.05) is 13.2 Å². The molecule has 1 aromatic heterocycles. The molecule has 30 heavy (non-hydrogen) atoms. The quantitative estimate of drug-likeness (QED) is 0.490. The van der Waals surface area contributed by atoms with E-state index in [1.807, 2.05) is 26.0 Å². The van der Waals surface area contributed by atoms with E-state index in [0.29, 0.717) is 16.9 Å². The van der Waals surface area contributed by atoms with Crippen molar-refractivity contribution in [1.29, 1.82) is 5.26 Å². The van der Waals surface area contributed by atoms with Crippen LogP contribution in [0.3, 0.4) is 0 Å². The summed E-state index contributed by atoms with van der Waals surface area (Å²) in [6.07, 6.45) is 1.39. The first-order chi connectivity index (χ1) is 14.4. The Bertz CT molecular complexity index is 949. The number of ketones is 1. The predicted octanol–water partition coefficient (Wildman–Crippen LogP) is 3.35. The molecule has 0 N–H and O–H groups in total. The van der Waals surface area contributed by atoms with Crippen molar-refractivity contribution in [3.05, 3.63) is 52.8 Å². The SMILES string of the molecule is Cc1cc(C(=O)COC(=O)[C@H](C)Oc2ccc(C#N)cc2)c(C)n1C[C@H]1CCCO1. The number of hydrogen-bond acceptors (Lipinski definition) is 6. The lowest BCUT2D eigenvalue weighted by atomic mass is 10.1. The Labute approximate surface area is 176 Å². The second-order valence-corrected chi connectivity index (χ2v) is 7.46. The minimum atomic E-state index is -0.877. The van der Waals surface area contributed by atoms with Crippen LogP contribution in [0.5, 0.6) is 5.75 Å². The van der Waals surface area contributed by atoms with E-state index in [2.05, 4.69) is 4.57 Å². The van der Waals surface area contributed by atoms with Gasteiger partial charge in [0.05, 0.1) is 17.7 Å². The summed E-state index contributed by atoms with van der Waals surface area (Å²) in [5, 5.41) is 8.82. The van der Waals surface area contributed by atoms with Gasteiger partial charge in [-0.15, -0.1) is 0 Å². The zero-order valence-corrected chi connectivity index (χ0v) is 17.5. The van der Waals surface area contributed by atoms with E-state index in [4.69, 9.17) is 19.5 Å². The van der Waals surface area contributed by atoms with Gasteiger partial charge < -0.3 is 18.8 Å². The minimum absolute atomic E-state index is 0.177. The van der Waals surface area contributed by atoms with Gasteiger partial charge in [0.2, 0.25) is 5.78 Å². The highest BCUT2D eigenvalue weighted by Gasteiger charge is 2.23. The van der Waals surface area contributed by atoms with Crippen LogP contribution in [0.2, 0.25) is 0 Å². The third-order valence-corrected chi connectivity index (χ3v) is 5.26. The number of esters is 1. The van der Waals surface area contributed by atoms with E-state index in [1.165, 1.54) is 0 Å². The number of benzene rings is 1. The number of aromatic nitrogens is 1. The molecule has 0 bridgehead atoms. The number of rotatable bonds is 8. The van der Waals surface area contributed by atoms with Crippen LogP contribution >= 0.6 is 0 Å². The van der Waals surface area contributed by atoms with Gasteiger partial charge in [-0.05, 0) is 63.9 Å². The molecule has 0 amide bonds. The summed E-state index contributed by atoms with van der Waals surface area (Å²) in [5.74, 6) is -0.427. The van der Waals surface area contributed by atoms with Gasteiger partial charge in [0.1, 0.15) is 5.75 Å². The first-order valence-corrected chi connectivity index (χ1v) is 10.0. The molecule has 0 unspecified atom stereocenters. The average molecular weight is 410 g/mol. The van der Waals surface area contributed by atoms with Gasteiger partial charge in [0.25, 0.3) is 0 Å². The molecule has 1 aliphatic heterocycles. The zero-order chi connectivity index (χ0) is 21.7. The molecular weight excluding hydrogens is 384 g/mol. The number of nitrogens with zero attached hydrogens (tertiary/aromatic N) is 2. The Kier molecular flexibility index (Phi) is 6.91. The lowest BCUT2D eigenvalue weighted by Crippen LogP contribution is -2.28. The highest BCUT2D eigenvalue weighted by atomic mass is 16.6. The van der Waals surface area contributed by atoms with Crippen LogP contribution in [-0.2, 0) is 20.8 Å². The van der Waals surface area contributed by atoms with Crippen LogP contribution in [0.4, 0.5) is 0 Å². The third kappa shape index (κ3) is 5.08. The second kappa shape index (κ2) is 9.59. The Morgan fingerprint density at radius 2 is 2.03 bits per heavy atom. The molecule has 0 aliphatic carbocycles. The van der Waals surface area contributed by atoms with Gasteiger partial charge in [0, 0.05) is 30.1 Å². The molecule has 7 heteroatoms. The van der Waals surface area contributed by atoms with Gasteiger partial charge in [-0.3, -0.25) is 4.79 Å². The van der Waals surface area contributed by atoms with Crippen molar-refractivity contribution in [2.45, 2.75) is 52.4 Å². The van der Waals surface area contributed by atoms with Crippen LogP contribution in [0.15, 0.2) is 30.3 Å². The largest absolute Gasteiger partial charge is 0.479 e. The van der Waals surface area contributed by atoms with Gasteiger partial charge in [0.15, 0.2) is 12.7 Å². The average Bonchev–Trinajstić information content (AvgIpc) is 3.36. The highest BCUT2D eigenvalue weighted by molar-refractivity contribution is 5.99. The van der Waals surface area contributed by atoms with Crippen LogP contribution in [-0.4, -0.2) is 41.7 Å². The Morgan fingerprint density at radius 1 is 1.30 bits per heavy atom. The van der Waals surface area contributed by atoms with Crippen molar-refractivity contribution in [3.63, 3.8) is 0 Å². The van der Waals surface area contributed by atoms with Crippen LogP contribution < -0.4 is 4.74 Å². The summed E-state index contributed by atoms with van der Waals surface area (Å²) in [5.41, 5.74) is 2.89. The molecule has 0 radical (unpaired) electrons. The molecule has 1 aliphatic rings. The van der Waals surface area contributed by atoms with E-state index >= 15 is 0 Å². The first kappa shape index (κ1) is 21.6. The molecular formula is C23H26N2O5. The van der Waals surface area contributed by atoms with Crippen LogP contribution in [0.1, 0.15) is 47.1 Å². The molecule has 2 aromatic rings. The number of carbonyl (C=O) groups excluding carboxylic acids is 2. The van der Waals surface area contributed by atoms with Crippen molar-refractivity contribution in [3.8, 4) is 11.8 Å². The Morgan fingerprint density at radius 3 is 2.67 bits per heavy atom. The van der Waals surface area contributed by atoms with Gasteiger partial charge in [-0.2, -0.15) is 5.26 Å². The number of nitriles is 1. The summed E-state index contributed by atoms with van der Waals surface area (Å²) in [6.45, 7) is 6.57. The maximum Gasteiger partial charge on any atom is 0.347 e. The van der Waals surface area contributed by atoms with Crippen molar-refractivity contribution in [2.24, 2.45) is 0 Å². The molecule has 1 fully saturated rings. The number of hydrogen-bond donors (Lipinski definition) is 0. The molecule has 2 atom stereocenters. The third-order valence-electron chi connectivity index (χ3n) is 5.26. The lowest BCUT2D eigenvalue weighted by molar-refractivity contribution is -0.149. The second-order valence-electron chi connectivity index (χ2n) is 7.46. The molecule has 2 heterocycles. The van der Waals surface area contributed by atoms with E-state index in [-0.39, 0.29) is 18.5 Å². The predicted molar refractivity (Wildman–Crippen MR) is 109 cm³/mol. The number of Topliss-reactive ketones (excluding diaryl/α,β-unsaturated/α-hetero) is 1. The molecule has 1 saturated heterocycles. The molecule has 1 aromatic carbocycles.